The molecule has 0 aliphatic carbocycles. The summed E-state index contributed by atoms with van der Waals surface area (Å²) in [5.74, 6) is 1.68. The smallest absolute Gasteiger partial charge is 0.284 e. The van der Waals surface area contributed by atoms with E-state index in [4.69, 9.17) is 9.72 Å². The Morgan fingerprint density at radius 2 is 1.76 bits per heavy atom. The van der Waals surface area contributed by atoms with Gasteiger partial charge in [0.1, 0.15) is 17.2 Å². The summed E-state index contributed by atoms with van der Waals surface area (Å²) >= 11 is 3.45. The van der Waals surface area contributed by atoms with Gasteiger partial charge in [-0.2, -0.15) is 0 Å². The maximum Gasteiger partial charge on any atom is 0.284 e. The molecule has 2 aromatic heterocycles. The number of pyridine rings is 1. The van der Waals surface area contributed by atoms with Crippen LogP contribution in [-0.2, 0) is 7.05 Å². The fourth-order valence-electron chi connectivity index (χ4n) is 3.96. The third-order valence-electron chi connectivity index (χ3n) is 5.77. The minimum atomic E-state index is -0.226. The second-order valence-electron chi connectivity index (χ2n) is 8.24. The fourth-order valence-corrected chi connectivity index (χ4v) is 4.22. The standard InChI is InChI=1S/C25H25BrN6O2/c1-31-23-10-9-19(15-21(23)29-25(31)28-18-7-5-17(26)6-8-18)34-20-11-12-27-22(16-20)24(33)30-32-13-3-2-4-14-32/h5-12,15-16H,2-4,13-14H2,1H3,(H,28,29)(H,30,33). The normalized spacial score (nSPS) is 14.2. The number of nitrogens with one attached hydrogen (secondary N) is 2. The number of anilines is 2. The lowest BCUT2D eigenvalue weighted by Crippen LogP contribution is -2.45. The van der Waals surface area contributed by atoms with E-state index in [0.717, 1.165) is 53.1 Å². The van der Waals surface area contributed by atoms with E-state index in [2.05, 4.69) is 31.7 Å². The first-order valence-corrected chi connectivity index (χ1v) is 12.0. The average molecular weight is 521 g/mol. The monoisotopic (exact) mass is 520 g/mol. The Morgan fingerprint density at radius 1 is 1.00 bits per heavy atom. The van der Waals surface area contributed by atoms with Crippen molar-refractivity contribution in [1.29, 1.82) is 0 Å². The van der Waals surface area contributed by atoms with Crippen LogP contribution >= 0.6 is 15.9 Å². The van der Waals surface area contributed by atoms with E-state index < -0.39 is 0 Å². The molecule has 2 aromatic carbocycles. The molecule has 1 amide bonds. The molecule has 1 aliphatic rings. The van der Waals surface area contributed by atoms with Crippen molar-refractivity contribution < 1.29 is 9.53 Å². The van der Waals surface area contributed by atoms with Gasteiger partial charge in [-0.05, 0) is 55.3 Å². The second-order valence-corrected chi connectivity index (χ2v) is 9.16. The number of fused-ring (bicyclic) bond motifs is 1. The zero-order chi connectivity index (χ0) is 23.5. The molecule has 9 heteroatoms. The van der Waals surface area contributed by atoms with Crippen molar-refractivity contribution in [2.75, 3.05) is 18.4 Å². The molecular weight excluding hydrogens is 496 g/mol. The number of piperidine rings is 1. The number of halogens is 1. The highest BCUT2D eigenvalue weighted by Gasteiger charge is 2.16. The van der Waals surface area contributed by atoms with Crippen molar-refractivity contribution in [2.24, 2.45) is 7.05 Å². The molecule has 5 rings (SSSR count). The molecule has 34 heavy (non-hydrogen) atoms. The number of ether oxygens (including phenoxy) is 1. The van der Waals surface area contributed by atoms with Crippen molar-refractivity contribution >= 4 is 44.5 Å². The van der Waals surface area contributed by atoms with Crippen LogP contribution in [-0.4, -0.2) is 38.5 Å². The number of aryl methyl sites for hydroxylation is 1. The van der Waals surface area contributed by atoms with Gasteiger partial charge in [-0.25, -0.2) is 9.99 Å². The van der Waals surface area contributed by atoms with Crippen molar-refractivity contribution in [3.63, 3.8) is 0 Å². The van der Waals surface area contributed by atoms with Gasteiger partial charge in [0, 0.05) is 48.6 Å². The molecule has 0 unspecified atom stereocenters. The lowest BCUT2D eigenvalue weighted by Gasteiger charge is -2.26. The van der Waals surface area contributed by atoms with Gasteiger partial charge in [-0.1, -0.05) is 22.4 Å². The first-order valence-electron chi connectivity index (χ1n) is 11.2. The predicted molar refractivity (Wildman–Crippen MR) is 135 cm³/mol. The number of aromatic nitrogens is 3. The Labute approximate surface area is 206 Å². The fraction of sp³-hybridized carbons (Fsp3) is 0.240. The van der Waals surface area contributed by atoms with Crippen molar-refractivity contribution in [3.05, 3.63) is 71.0 Å². The van der Waals surface area contributed by atoms with Gasteiger partial charge in [-0.15, -0.1) is 0 Å². The van der Waals surface area contributed by atoms with Crippen LogP contribution in [0.25, 0.3) is 11.0 Å². The largest absolute Gasteiger partial charge is 0.457 e. The molecule has 0 bridgehead atoms. The highest BCUT2D eigenvalue weighted by atomic mass is 79.9. The molecule has 4 aromatic rings. The zero-order valence-electron chi connectivity index (χ0n) is 18.8. The molecule has 1 aliphatic heterocycles. The number of rotatable bonds is 6. The number of hydrogen-bond acceptors (Lipinski definition) is 6. The van der Waals surface area contributed by atoms with Crippen molar-refractivity contribution in [1.82, 2.24) is 25.0 Å². The van der Waals surface area contributed by atoms with Gasteiger partial charge in [0.25, 0.3) is 5.91 Å². The van der Waals surface area contributed by atoms with Gasteiger partial charge in [0.2, 0.25) is 5.95 Å². The number of nitrogens with zero attached hydrogens (tertiary/aromatic N) is 4. The van der Waals surface area contributed by atoms with Gasteiger partial charge >= 0.3 is 0 Å². The summed E-state index contributed by atoms with van der Waals surface area (Å²) in [6.45, 7) is 1.73. The number of amides is 1. The molecule has 1 fully saturated rings. The highest BCUT2D eigenvalue weighted by Crippen LogP contribution is 2.28. The average Bonchev–Trinajstić information content (AvgIpc) is 3.15. The van der Waals surface area contributed by atoms with E-state index in [-0.39, 0.29) is 5.91 Å². The third-order valence-corrected chi connectivity index (χ3v) is 6.30. The number of hydrazine groups is 1. The van der Waals surface area contributed by atoms with Crippen LogP contribution in [0.5, 0.6) is 11.5 Å². The lowest BCUT2D eigenvalue weighted by atomic mass is 10.2. The summed E-state index contributed by atoms with van der Waals surface area (Å²) in [6, 6.07) is 17.1. The number of carbonyl (C=O) groups excluding carboxylic acids is 1. The maximum atomic E-state index is 12.6. The summed E-state index contributed by atoms with van der Waals surface area (Å²) in [5, 5.41) is 5.30. The molecule has 0 atom stereocenters. The summed E-state index contributed by atoms with van der Waals surface area (Å²) in [5.41, 5.74) is 5.99. The molecule has 2 N–H and O–H groups in total. The molecule has 8 nitrogen and oxygen atoms in total. The minimum Gasteiger partial charge on any atom is -0.457 e. The quantitative estimate of drug-likeness (QED) is 0.354. The van der Waals surface area contributed by atoms with Crippen LogP contribution in [0, 0.1) is 0 Å². The topological polar surface area (TPSA) is 84.3 Å². The number of imidazole rings is 1. The van der Waals surface area contributed by atoms with Gasteiger partial charge < -0.3 is 14.6 Å². The van der Waals surface area contributed by atoms with E-state index in [1.54, 1.807) is 18.3 Å². The molecule has 1 saturated heterocycles. The predicted octanol–water partition coefficient (Wildman–Crippen LogP) is 5.40. The van der Waals surface area contributed by atoms with E-state index >= 15 is 0 Å². The van der Waals surface area contributed by atoms with Gasteiger partial charge in [0.05, 0.1) is 11.0 Å². The van der Waals surface area contributed by atoms with Crippen LogP contribution in [0.2, 0.25) is 0 Å². The Morgan fingerprint density at radius 3 is 2.56 bits per heavy atom. The third kappa shape index (κ3) is 5.05. The maximum absolute atomic E-state index is 12.6. The van der Waals surface area contributed by atoms with Gasteiger partial charge in [-0.3, -0.25) is 15.2 Å². The molecule has 0 spiro atoms. The second kappa shape index (κ2) is 9.82. The summed E-state index contributed by atoms with van der Waals surface area (Å²) in [6.07, 6.45) is 4.97. The van der Waals surface area contributed by atoms with E-state index in [1.807, 2.05) is 59.1 Å². The number of carbonyl (C=O) groups is 1. The Hall–Kier alpha value is -3.43. The molecular formula is C25H25BrN6O2. The van der Waals surface area contributed by atoms with Crippen LogP contribution < -0.4 is 15.5 Å². The highest BCUT2D eigenvalue weighted by molar-refractivity contribution is 9.10. The Balaban J connectivity index is 1.31. The molecule has 174 valence electrons. The summed E-state index contributed by atoms with van der Waals surface area (Å²) in [4.78, 5) is 21.5. The first-order chi connectivity index (χ1) is 16.5. The Bertz CT molecular complexity index is 1310. The summed E-state index contributed by atoms with van der Waals surface area (Å²) in [7, 11) is 1.97. The van der Waals surface area contributed by atoms with Gasteiger partial charge in [0.15, 0.2) is 0 Å². The van der Waals surface area contributed by atoms with Crippen LogP contribution in [0.4, 0.5) is 11.6 Å². The first kappa shape index (κ1) is 22.4. The van der Waals surface area contributed by atoms with E-state index in [0.29, 0.717) is 17.2 Å². The SMILES string of the molecule is Cn1c(Nc2ccc(Br)cc2)nc2cc(Oc3ccnc(C(=O)NN4CCCCC4)c3)ccc21. The van der Waals surface area contributed by atoms with Crippen molar-refractivity contribution in [2.45, 2.75) is 19.3 Å². The van der Waals surface area contributed by atoms with Crippen LogP contribution in [0.15, 0.2) is 65.3 Å². The number of benzene rings is 2. The zero-order valence-corrected chi connectivity index (χ0v) is 20.4. The molecule has 3 heterocycles. The van der Waals surface area contributed by atoms with Crippen LogP contribution in [0.3, 0.4) is 0 Å². The minimum absolute atomic E-state index is 0.226. The Kier molecular flexibility index (Phi) is 6.46. The van der Waals surface area contributed by atoms with Crippen LogP contribution in [0.1, 0.15) is 29.8 Å². The van der Waals surface area contributed by atoms with Crippen molar-refractivity contribution in [3.8, 4) is 11.5 Å². The summed E-state index contributed by atoms with van der Waals surface area (Å²) < 4.78 is 9.06. The molecule has 0 radical (unpaired) electrons. The van der Waals surface area contributed by atoms with E-state index in [9.17, 15) is 4.79 Å². The number of hydrogen-bond donors (Lipinski definition) is 2. The van der Waals surface area contributed by atoms with E-state index in [1.165, 1.54) is 6.42 Å². The lowest BCUT2D eigenvalue weighted by molar-refractivity contribution is 0.0744. The molecule has 0 saturated carbocycles.